The van der Waals surface area contributed by atoms with Crippen molar-refractivity contribution >= 4 is 6.09 Å². The van der Waals surface area contributed by atoms with Gasteiger partial charge < -0.3 is 14.7 Å². The number of hydrogen-bond donors (Lipinski definition) is 1. The molecule has 1 N–H and O–H groups in total. The molecule has 114 valence electrons. The highest BCUT2D eigenvalue weighted by Gasteiger charge is 2.35. The average Bonchev–Trinajstić information content (AvgIpc) is 2.96. The van der Waals surface area contributed by atoms with Crippen LogP contribution in [-0.2, 0) is 11.3 Å². The molecular formula is C18H19NO3. The zero-order valence-corrected chi connectivity index (χ0v) is 12.3. The summed E-state index contributed by atoms with van der Waals surface area (Å²) in [6, 6.07) is 19.4. The van der Waals surface area contributed by atoms with Gasteiger partial charge in [0, 0.05) is 12.5 Å². The molecule has 3 rings (SSSR count). The average molecular weight is 297 g/mol. The summed E-state index contributed by atoms with van der Waals surface area (Å²) in [4.78, 5) is 13.7. The number of benzene rings is 2. The molecule has 0 bridgehead atoms. The van der Waals surface area contributed by atoms with Crippen molar-refractivity contribution in [3.8, 4) is 0 Å². The molecular weight excluding hydrogens is 278 g/mol. The van der Waals surface area contributed by atoms with Gasteiger partial charge in [0.2, 0.25) is 0 Å². The third-order valence-electron chi connectivity index (χ3n) is 3.98. The zero-order valence-electron chi connectivity index (χ0n) is 12.3. The highest BCUT2D eigenvalue weighted by molar-refractivity contribution is 5.68. The van der Waals surface area contributed by atoms with Gasteiger partial charge in [-0.15, -0.1) is 0 Å². The van der Waals surface area contributed by atoms with Crippen molar-refractivity contribution in [2.24, 2.45) is 0 Å². The van der Waals surface area contributed by atoms with Crippen LogP contribution in [0.15, 0.2) is 60.7 Å². The predicted molar refractivity (Wildman–Crippen MR) is 83.4 cm³/mol. The van der Waals surface area contributed by atoms with Crippen molar-refractivity contribution in [1.29, 1.82) is 0 Å². The van der Waals surface area contributed by atoms with Crippen molar-refractivity contribution in [2.45, 2.75) is 18.6 Å². The van der Waals surface area contributed by atoms with E-state index in [-0.39, 0.29) is 18.6 Å². The smallest absolute Gasteiger partial charge is 0.410 e. The molecule has 1 aliphatic rings. The second-order valence-corrected chi connectivity index (χ2v) is 5.53. The van der Waals surface area contributed by atoms with Crippen LogP contribution < -0.4 is 0 Å². The molecule has 0 radical (unpaired) electrons. The largest absolute Gasteiger partial charge is 0.445 e. The predicted octanol–water partition coefficient (Wildman–Crippen LogP) is 2.78. The van der Waals surface area contributed by atoms with E-state index in [1.165, 1.54) is 0 Å². The summed E-state index contributed by atoms with van der Waals surface area (Å²) in [6.45, 7) is 1.05. The standard InChI is InChI=1S/C18H19NO3/c20-17-12-19(11-16(17)15-9-5-2-6-10-15)18(21)22-13-14-7-3-1-4-8-14/h1-10,16-17,20H,11-13H2. The molecule has 0 spiro atoms. The van der Waals surface area contributed by atoms with Gasteiger partial charge in [-0.3, -0.25) is 0 Å². The second-order valence-electron chi connectivity index (χ2n) is 5.53. The number of carbonyl (C=O) groups excluding carboxylic acids is 1. The molecule has 22 heavy (non-hydrogen) atoms. The second kappa shape index (κ2) is 6.62. The van der Waals surface area contributed by atoms with Crippen LogP contribution in [0.25, 0.3) is 0 Å². The minimum absolute atomic E-state index is 0.0505. The Hall–Kier alpha value is -2.33. The zero-order chi connectivity index (χ0) is 15.4. The molecule has 2 unspecified atom stereocenters. The van der Waals surface area contributed by atoms with E-state index in [1.807, 2.05) is 60.7 Å². The Morgan fingerprint density at radius 2 is 1.68 bits per heavy atom. The minimum Gasteiger partial charge on any atom is -0.445 e. The van der Waals surface area contributed by atoms with Crippen molar-refractivity contribution in [3.63, 3.8) is 0 Å². The molecule has 0 aromatic heterocycles. The quantitative estimate of drug-likeness (QED) is 0.947. The Morgan fingerprint density at radius 3 is 2.36 bits per heavy atom. The molecule has 2 aromatic rings. The molecule has 1 aliphatic heterocycles. The third-order valence-corrected chi connectivity index (χ3v) is 3.98. The molecule has 4 nitrogen and oxygen atoms in total. The van der Waals surface area contributed by atoms with Crippen LogP contribution in [0.5, 0.6) is 0 Å². The van der Waals surface area contributed by atoms with E-state index in [0.717, 1.165) is 11.1 Å². The van der Waals surface area contributed by atoms with Crippen LogP contribution >= 0.6 is 0 Å². The number of ether oxygens (including phenoxy) is 1. The molecule has 4 heteroatoms. The lowest BCUT2D eigenvalue weighted by molar-refractivity contribution is 0.0970. The normalized spacial score (nSPS) is 20.9. The summed E-state index contributed by atoms with van der Waals surface area (Å²) in [5.74, 6) is -0.0505. The molecule has 1 amide bonds. The van der Waals surface area contributed by atoms with E-state index in [0.29, 0.717) is 13.1 Å². The Labute approximate surface area is 130 Å². The molecule has 1 heterocycles. The lowest BCUT2D eigenvalue weighted by Crippen LogP contribution is -2.30. The first-order valence-corrected chi connectivity index (χ1v) is 7.42. The van der Waals surface area contributed by atoms with Gasteiger partial charge in [0.15, 0.2) is 0 Å². The van der Waals surface area contributed by atoms with Crippen molar-refractivity contribution in [2.75, 3.05) is 13.1 Å². The highest BCUT2D eigenvalue weighted by Crippen LogP contribution is 2.27. The van der Waals surface area contributed by atoms with Crippen LogP contribution in [0.1, 0.15) is 17.0 Å². The van der Waals surface area contributed by atoms with Crippen LogP contribution in [0.3, 0.4) is 0 Å². The summed E-state index contributed by atoms with van der Waals surface area (Å²) in [5, 5.41) is 10.2. The highest BCUT2D eigenvalue weighted by atomic mass is 16.6. The Morgan fingerprint density at radius 1 is 1.05 bits per heavy atom. The fourth-order valence-electron chi connectivity index (χ4n) is 2.77. The molecule has 0 saturated carbocycles. The van der Waals surface area contributed by atoms with Crippen molar-refractivity contribution < 1.29 is 14.6 Å². The van der Waals surface area contributed by atoms with E-state index in [1.54, 1.807) is 4.90 Å². The van der Waals surface area contributed by atoms with E-state index in [4.69, 9.17) is 4.74 Å². The van der Waals surface area contributed by atoms with E-state index < -0.39 is 6.10 Å². The third kappa shape index (κ3) is 3.28. The number of β-amino-alcohol motifs (C(OH)–C–C–N with tert-alkyl or cyclic N) is 1. The van der Waals surface area contributed by atoms with E-state index >= 15 is 0 Å². The van der Waals surface area contributed by atoms with Crippen LogP contribution in [0, 0.1) is 0 Å². The number of aliphatic hydroxyl groups excluding tert-OH is 1. The molecule has 1 fully saturated rings. The number of nitrogens with zero attached hydrogens (tertiary/aromatic N) is 1. The molecule has 2 atom stereocenters. The fraction of sp³-hybridized carbons (Fsp3) is 0.278. The summed E-state index contributed by atoms with van der Waals surface area (Å²) >= 11 is 0. The molecule has 0 aliphatic carbocycles. The Balaban J connectivity index is 1.58. The maximum atomic E-state index is 12.1. The van der Waals surface area contributed by atoms with Crippen molar-refractivity contribution in [3.05, 3.63) is 71.8 Å². The van der Waals surface area contributed by atoms with Crippen molar-refractivity contribution in [1.82, 2.24) is 4.90 Å². The lowest BCUT2D eigenvalue weighted by atomic mass is 9.96. The maximum absolute atomic E-state index is 12.1. The van der Waals surface area contributed by atoms with E-state index in [9.17, 15) is 9.90 Å². The first kappa shape index (κ1) is 14.6. The van der Waals surface area contributed by atoms with Gasteiger partial charge in [-0.05, 0) is 11.1 Å². The van der Waals surface area contributed by atoms with Gasteiger partial charge in [0.25, 0.3) is 0 Å². The molecule has 1 saturated heterocycles. The fourth-order valence-corrected chi connectivity index (χ4v) is 2.77. The van der Waals surface area contributed by atoms with Gasteiger partial charge >= 0.3 is 6.09 Å². The van der Waals surface area contributed by atoms with Gasteiger partial charge in [0.05, 0.1) is 12.6 Å². The topological polar surface area (TPSA) is 49.8 Å². The van der Waals surface area contributed by atoms with Gasteiger partial charge in [-0.1, -0.05) is 60.7 Å². The first-order valence-electron chi connectivity index (χ1n) is 7.42. The molecule has 2 aromatic carbocycles. The number of rotatable bonds is 3. The number of likely N-dealkylation sites (tertiary alicyclic amines) is 1. The number of amides is 1. The first-order chi connectivity index (χ1) is 10.7. The van der Waals surface area contributed by atoms with Gasteiger partial charge in [-0.2, -0.15) is 0 Å². The maximum Gasteiger partial charge on any atom is 0.410 e. The number of aliphatic hydroxyl groups is 1. The summed E-state index contributed by atoms with van der Waals surface area (Å²) in [5.41, 5.74) is 2.00. The van der Waals surface area contributed by atoms with E-state index in [2.05, 4.69) is 0 Å². The van der Waals surface area contributed by atoms with Crippen LogP contribution in [0.4, 0.5) is 4.79 Å². The summed E-state index contributed by atoms with van der Waals surface area (Å²) in [7, 11) is 0. The monoisotopic (exact) mass is 297 g/mol. The summed E-state index contributed by atoms with van der Waals surface area (Å²) < 4.78 is 5.32. The van der Waals surface area contributed by atoms with Crippen LogP contribution in [-0.4, -0.2) is 35.3 Å². The summed E-state index contributed by atoms with van der Waals surface area (Å²) in [6.07, 6.45) is -0.923. The SMILES string of the molecule is O=C(OCc1ccccc1)N1CC(O)C(c2ccccc2)C1. The van der Waals surface area contributed by atoms with Crippen LogP contribution in [0.2, 0.25) is 0 Å². The minimum atomic E-state index is -0.549. The van der Waals surface area contributed by atoms with Gasteiger partial charge in [0.1, 0.15) is 6.61 Å². The Kier molecular flexibility index (Phi) is 4.39. The van der Waals surface area contributed by atoms with Gasteiger partial charge in [-0.25, -0.2) is 4.79 Å². The Bertz CT molecular complexity index is 615. The number of hydrogen-bond acceptors (Lipinski definition) is 3. The lowest BCUT2D eigenvalue weighted by Gasteiger charge is -2.16. The number of carbonyl (C=O) groups is 1.